The van der Waals surface area contributed by atoms with Crippen molar-refractivity contribution >= 4 is 40.7 Å². The third-order valence-corrected chi connectivity index (χ3v) is 8.00. The first-order valence-corrected chi connectivity index (χ1v) is 15.2. The van der Waals surface area contributed by atoms with Crippen molar-refractivity contribution in [2.45, 2.75) is 31.6 Å². The van der Waals surface area contributed by atoms with E-state index in [1.165, 1.54) is 6.20 Å². The van der Waals surface area contributed by atoms with Crippen LogP contribution in [0.1, 0.15) is 51.1 Å². The first-order chi connectivity index (χ1) is 23.5. The lowest BCUT2D eigenvalue weighted by Gasteiger charge is -2.33. The van der Waals surface area contributed by atoms with Gasteiger partial charge in [-0.3, -0.25) is 14.4 Å². The number of carbonyl (C=O) groups is 3. The summed E-state index contributed by atoms with van der Waals surface area (Å²) in [6.45, 7) is 1.66. The second kappa shape index (κ2) is 15.7. The molecule has 1 fully saturated rings. The van der Waals surface area contributed by atoms with Gasteiger partial charge in [0.1, 0.15) is 5.82 Å². The van der Waals surface area contributed by atoms with E-state index in [1.54, 1.807) is 12.1 Å². The number of amides is 2. The Hall–Kier alpha value is -5.60. The molecular formula is C35H33F6N5O4. The van der Waals surface area contributed by atoms with Crippen LogP contribution in [0.4, 0.5) is 49.2 Å². The molecule has 1 aliphatic heterocycles. The van der Waals surface area contributed by atoms with Crippen molar-refractivity contribution in [2.75, 3.05) is 35.3 Å². The number of carboxylic acids is 1. The van der Waals surface area contributed by atoms with Gasteiger partial charge in [0.05, 0.1) is 23.0 Å². The summed E-state index contributed by atoms with van der Waals surface area (Å²) in [4.78, 5) is 42.4. The fourth-order valence-corrected chi connectivity index (χ4v) is 5.16. The van der Waals surface area contributed by atoms with Gasteiger partial charge in [0.2, 0.25) is 5.91 Å². The molecule has 0 saturated carbocycles. The average Bonchev–Trinajstić information content (AvgIpc) is 3.08. The molecule has 4 N–H and O–H groups in total. The Morgan fingerprint density at radius 2 is 1.34 bits per heavy atom. The molecule has 2 amide bonds. The molecule has 1 aromatic heterocycles. The number of anilines is 4. The number of primary amides is 1. The molecule has 0 atom stereocenters. The Bertz CT molecular complexity index is 1750. The van der Waals surface area contributed by atoms with Crippen molar-refractivity contribution in [1.82, 2.24) is 4.98 Å². The van der Waals surface area contributed by atoms with E-state index in [2.05, 4.69) is 15.2 Å². The Kier molecular flexibility index (Phi) is 11.7. The van der Waals surface area contributed by atoms with E-state index in [9.17, 15) is 40.7 Å². The first-order valence-electron chi connectivity index (χ1n) is 15.2. The summed E-state index contributed by atoms with van der Waals surface area (Å²) in [5, 5.41) is 11.6. The second-order valence-electron chi connectivity index (χ2n) is 11.5. The minimum Gasteiger partial charge on any atom is -0.481 e. The fraction of sp³-hybridized carbons (Fsp3) is 0.257. The monoisotopic (exact) mass is 701 g/mol. The van der Waals surface area contributed by atoms with Gasteiger partial charge in [0, 0.05) is 49.1 Å². The Labute approximate surface area is 283 Å². The quantitative estimate of drug-likeness (QED) is 0.161. The van der Waals surface area contributed by atoms with E-state index in [0.29, 0.717) is 11.5 Å². The number of nitrogens with one attached hydrogen (secondary N) is 1. The van der Waals surface area contributed by atoms with Crippen molar-refractivity contribution in [2.24, 2.45) is 11.7 Å². The molecule has 50 heavy (non-hydrogen) atoms. The van der Waals surface area contributed by atoms with E-state index in [-0.39, 0.29) is 23.5 Å². The van der Waals surface area contributed by atoms with Crippen LogP contribution in [0.3, 0.4) is 0 Å². The summed E-state index contributed by atoms with van der Waals surface area (Å²) in [5.41, 5.74) is 5.84. The standard InChI is InChI=1S/C27H27F3N4O3.C8H6F3NO/c1-33(22-7-9-23(10-8-22)34-14-12-18(13-15-34)16-25(35)36)24-11-6-21(17-31-24)32-26(37)19-2-4-20(5-3-19)27(28,29)30;9-8(10,11)6-3-1-5(2-4-6)7(12)13/h2-11,17-18H,12-16H2,1H3,(H,32,37)(H,35,36);1-4H,(H2,12,13). The molecule has 15 heteroatoms. The van der Waals surface area contributed by atoms with Gasteiger partial charge in [-0.15, -0.1) is 0 Å². The number of nitrogens with two attached hydrogens (primary N) is 1. The number of halogens is 6. The normalized spacial score (nSPS) is 13.5. The Balaban J connectivity index is 0.000000363. The van der Waals surface area contributed by atoms with Gasteiger partial charge in [-0.2, -0.15) is 26.3 Å². The second-order valence-corrected chi connectivity index (χ2v) is 11.5. The van der Waals surface area contributed by atoms with Crippen molar-refractivity contribution < 1.29 is 45.8 Å². The smallest absolute Gasteiger partial charge is 0.416 e. The zero-order chi connectivity index (χ0) is 36.6. The third-order valence-electron chi connectivity index (χ3n) is 8.00. The fourth-order valence-electron chi connectivity index (χ4n) is 5.16. The molecule has 2 heterocycles. The molecule has 0 aliphatic carbocycles. The molecule has 1 saturated heterocycles. The van der Waals surface area contributed by atoms with Gasteiger partial charge < -0.3 is 26.0 Å². The van der Waals surface area contributed by atoms with Crippen LogP contribution < -0.4 is 20.9 Å². The predicted octanol–water partition coefficient (Wildman–Crippen LogP) is 7.62. The third kappa shape index (κ3) is 10.2. The molecule has 264 valence electrons. The van der Waals surface area contributed by atoms with Crippen molar-refractivity contribution in [3.63, 3.8) is 0 Å². The molecule has 5 rings (SSSR count). The molecule has 3 aromatic carbocycles. The Morgan fingerprint density at radius 3 is 1.78 bits per heavy atom. The van der Waals surface area contributed by atoms with Crippen LogP contribution in [0.25, 0.3) is 0 Å². The minimum atomic E-state index is -4.46. The zero-order valence-corrected chi connectivity index (χ0v) is 26.6. The highest BCUT2D eigenvalue weighted by Crippen LogP contribution is 2.31. The lowest BCUT2D eigenvalue weighted by Crippen LogP contribution is -2.34. The number of pyridine rings is 1. The van der Waals surface area contributed by atoms with Crippen LogP contribution in [-0.2, 0) is 17.1 Å². The maximum Gasteiger partial charge on any atom is 0.416 e. The lowest BCUT2D eigenvalue weighted by atomic mass is 9.93. The van der Waals surface area contributed by atoms with Crippen molar-refractivity contribution in [3.8, 4) is 0 Å². The predicted molar refractivity (Wildman–Crippen MR) is 175 cm³/mol. The van der Waals surface area contributed by atoms with Crippen LogP contribution in [0, 0.1) is 5.92 Å². The molecule has 0 spiro atoms. The highest BCUT2D eigenvalue weighted by Gasteiger charge is 2.31. The zero-order valence-electron chi connectivity index (χ0n) is 26.6. The number of benzene rings is 3. The van der Waals surface area contributed by atoms with E-state index in [1.807, 2.05) is 36.2 Å². The number of piperidine rings is 1. The van der Waals surface area contributed by atoms with E-state index >= 15 is 0 Å². The summed E-state index contributed by atoms with van der Waals surface area (Å²) in [6.07, 6.45) is -5.40. The topological polar surface area (TPSA) is 129 Å². The number of nitrogens with zero attached hydrogens (tertiary/aromatic N) is 3. The summed E-state index contributed by atoms with van der Waals surface area (Å²) in [5.74, 6) is -1.13. The average molecular weight is 702 g/mol. The summed E-state index contributed by atoms with van der Waals surface area (Å²) >= 11 is 0. The van der Waals surface area contributed by atoms with Crippen LogP contribution in [0.15, 0.2) is 91.1 Å². The number of alkyl halides is 6. The number of hydrogen-bond acceptors (Lipinski definition) is 6. The SMILES string of the molecule is CN(c1ccc(N2CCC(CC(=O)O)CC2)cc1)c1ccc(NC(=O)c2ccc(C(F)(F)F)cc2)cn1.NC(=O)c1ccc(C(F)(F)F)cc1. The summed E-state index contributed by atoms with van der Waals surface area (Å²) < 4.78 is 74.2. The number of carboxylic acid groups (broad SMARTS) is 1. The van der Waals surface area contributed by atoms with Gasteiger partial charge in [-0.05, 0) is 104 Å². The molecule has 9 nitrogen and oxygen atoms in total. The Morgan fingerprint density at radius 1 is 0.820 bits per heavy atom. The van der Waals surface area contributed by atoms with Gasteiger partial charge in [0.15, 0.2) is 0 Å². The highest BCUT2D eigenvalue weighted by molar-refractivity contribution is 6.04. The van der Waals surface area contributed by atoms with Gasteiger partial charge >= 0.3 is 18.3 Å². The van der Waals surface area contributed by atoms with Crippen molar-refractivity contribution in [1.29, 1.82) is 0 Å². The molecule has 4 aromatic rings. The van der Waals surface area contributed by atoms with Crippen LogP contribution >= 0.6 is 0 Å². The van der Waals surface area contributed by atoms with E-state index < -0.39 is 41.3 Å². The number of rotatable bonds is 8. The maximum atomic E-state index is 12.7. The van der Waals surface area contributed by atoms with Gasteiger partial charge in [-0.1, -0.05) is 0 Å². The molecule has 0 bridgehead atoms. The number of aliphatic carboxylic acids is 1. The maximum absolute atomic E-state index is 12.7. The number of aromatic nitrogens is 1. The van der Waals surface area contributed by atoms with Crippen molar-refractivity contribution in [3.05, 3.63) is 113 Å². The van der Waals surface area contributed by atoms with Gasteiger partial charge in [-0.25, -0.2) is 4.98 Å². The lowest BCUT2D eigenvalue weighted by molar-refractivity contribution is -0.139. The number of hydrogen-bond donors (Lipinski definition) is 3. The molecular weight excluding hydrogens is 668 g/mol. The van der Waals surface area contributed by atoms with Crippen LogP contribution in [0.5, 0.6) is 0 Å². The molecule has 0 unspecified atom stereocenters. The first kappa shape index (κ1) is 37.2. The van der Waals surface area contributed by atoms with Crippen LogP contribution in [-0.4, -0.2) is 48.0 Å². The molecule has 0 radical (unpaired) electrons. The minimum absolute atomic E-state index is 0.0630. The molecule has 1 aliphatic rings. The summed E-state index contributed by atoms with van der Waals surface area (Å²) in [7, 11) is 1.87. The van der Waals surface area contributed by atoms with Crippen LogP contribution in [0.2, 0.25) is 0 Å². The number of carbonyl (C=O) groups excluding carboxylic acids is 2. The van der Waals surface area contributed by atoms with Gasteiger partial charge in [0.25, 0.3) is 5.91 Å². The largest absolute Gasteiger partial charge is 0.481 e. The summed E-state index contributed by atoms with van der Waals surface area (Å²) in [6, 6.07) is 19.2. The highest BCUT2D eigenvalue weighted by atomic mass is 19.4. The van der Waals surface area contributed by atoms with E-state index in [0.717, 1.165) is 85.8 Å². The van der Waals surface area contributed by atoms with E-state index in [4.69, 9.17) is 10.8 Å².